The number of methoxy groups -OCH3 is 1. The van der Waals surface area contributed by atoms with Crippen molar-refractivity contribution in [2.45, 2.75) is 87.7 Å². The van der Waals surface area contributed by atoms with Gasteiger partial charge in [-0.05, 0) is 37.8 Å². The van der Waals surface area contributed by atoms with E-state index in [9.17, 15) is 0 Å². The van der Waals surface area contributed by atoms with Crippen molar-refractivity contribution in [1.82, 2.24) is 4.90 Å². The third-order valence-corrected chi connectivity index (χ3v) is 7.25. The van der Waals surface area contributed by atoms with Crippen LogP contribution in [0.1, 0.15) is 50.5 Å². The maximum Gasteiger partial charge on any atom is 0.169 e. The van der Waals surface area contributed by atoms with Gasteiger partial charge in [-0.2, -0.15) is 0 Å². The minimum absolute atomic E-state index is 0.0515. The van der Waals surface area contributed by atoms with E-state index in [-0.39, 0.29) is 36.2 Å². The van der Waals surface area contributed by atoms with Gasteiger partial charge in [0.25, 0.3) is 0 Å². The molecule has 166 valence electrons. The third kappa shape index (κ3) is 4.06. The van der Waals surface area contributed by atoms with Crippen LogP contribution < -0.4 is 0 Å². The fourth-order valence-corrected chi connectivity index (χ4v) is 5.93. The van der Waals surface area contributed by atoms with Crippen LogP contribution in [0.5, 0.6) is 0 Å². The summed E-state index contributed by atoms with van der Waals surface area (Å²) in [4.78, 5) is 2.54. The van der Waals surface area contributed by atoms with E-state index in [1.165, 1.54) is 24.8 Å². The van der Waals surface area contributed by atoms with E-state index < -0.39 is 0 Å². The lowest BCUT2D eigenvalue weighted by molar-refractivity contribution is -0.223. The molecule has 4 fully saturated rings. The molecule has 0 bridgehead atoms. The monoisotopic (exact) mass is 417 g/mol. The van der Waals surface area contributed by atoms with Crippen molar-refractivity contribution >= 4 is 0 Å². The Bertz CT molecular complexity index is 679. The summed E-state index contributed by atoms with van der Waals surface area (Å²) in [6.45, 7) is 2.66. The Morgan fingerprint density at radius 2 is 1.83 bits per heavy atom. The predicted molar refractivity (Wildman–Crippen MR) is 112 cm³/mol. The zero-order valence-electron chi connectivity index (χ0n) is 18.0. The lowest BCUT2D eigenvalue weighted by atomic mass is 9.94. The highest BCUT2D eigenvalue weighted by atomic mass is 16.8. The molecule has 5 atom stereocenters. The van der Waals surface area contributed by atoms with Gasteiger partial charge < -0.3 is 23.7 Å². The van der Waals surface area contributed by atoms with Gasteiger partial charge in [0.15, 0.2) is 5.79 Å². The Balaban J connectivity index is 1.32. The highest BCUT2D eigenvalue weighted by Gasteiger charge is 2.62. The average Bonchev–Trinajstić information content (AvgIpc) is 3.27. The molecule has 30 heavy (non-hydrogen) atoms. The van der Waals surface area contributed by atoms with Gasteiger partial charge in [0.1, 0.15) is 19.0 Å². The topological polar surface area (TPSA) is 49.4 Å². The normalized spacial score (nSPS) is 35.4. The van der Waals surface area contributed by atoms with Crippen molar-refractivity contribution < 1.29 is 23.7 Å². The molecule has 3 saturated heterocycles. The highest BCUT2D eigenvalue weighted by Crippen LogP contribution is 2.49. The quantitative estimate of drug-likeness (QED) is 0.633. The second-order valence-electron chi connectivity index (χ2n) is 9.19. The van der Waals surface area contributed by atoms with Gasteiger partial charge in [0.2, 0.25) is 0 Å². The Morgan fingerprint density at radius 3 is 2.63 bits per heavy atom. The molecule has 4 aliphatic rings. The molecule has 0 N–H and O–H groups in total. The molecule has 0 radical (unpaired) electrons. The van der Waals surface area contributed by atoms with E-state index in [4.69, 9.17) is 23.7 Å². The minimum atomic E-state index is -0.388. The number of ether oxygens (including phenoxy) is 5. The van der Waals surface area contributed by atoms with Crippen LogP contribution in [-0.2, 0) is 30.3 Å². The van der Waals surface area contributed by atoms with Gasteiger partial charge in [-0.15, -0.1) is 0 Å². The van der Waals surface area contributed by atoms with Crippen LogP contribution in [0.15, 0.2) is 30.3 Å². The molecule has 1 spiro atoms. The summed E-state index contributed by atoms with van der Waals surface area (Å²) in [5.41, 5.74) is 1.20. The summed E-state index contributed by atoms with van der Waals surface area (Å²) in [6.07, 6.45) is 8.05. The van der Waals surface area contributed by atoms with Crippen molar-refractivity contribution in [2.75, 3.05) is 27.1 Å². The second-order valence-corrected chi connectivity index (χ2v) is 9.19. The minimum Gasteiger partial charge on any atom is -0.375 e. The third-order valence-electron chi connectivity index (χ3n) is 7.25. The second kappa shape index (κ2) is 9.23. The molecular weight excluding hydrogens is 382 g/mol. The maximum atomic E-state index is 6.75. The number of rotatable bonds is 7. The first-order valence-corrected chi connectivity index (χ1v) is 11.6. The number of hydrogen-bond donors (Lipinski definition) is 0. The number of fused-ring (bicyclic) bond motifs is 3. The fraction of sp³-hybridized carbons (Fsp3) is 0.750. The van der Waals surface area contributed by atoms with Crippen LogP contribution in [0.25, 0.3) is 0 Å². The summed E-state index contributed by atoms with van der Waals surface area (Å²) in [7, 11) is 1.68. The Labute approximate surface area is 179 Å². The molecule has 3 aliphatic heterocycles. The zero-order valence-corrected chi connectivity index (χ0v) is 18.0. The van der Waals surface area contributed by atoms with Crippen LogP contribution in [-0.4, -0.2) is 68.1 Å². The molecule has 1 aliphatic carbocycles. The van der Waals surface area contributed by atoms with Gasteiger partial charge in [-0.25, -0.2) is 0 Å². The van der Waals surface area contributed by atoms with E-state index in [1.54, 1.807) is 7.11 Å². The number of piperidine rings is 1. The maximum absolute atomic E-state index is 6.75. The molecule has 0 aromatic heterocycles. The molecule has 3 heterocycles. The molecule has 1 aromatic carbocycles. The summed E-state index contributed by atoms with van der Waals surface area (Å²) in [5, 5.41) is 0. The summed E-state index contributed by atoms with van der Waals surface area (Å²) in [5.74, 6) is -0.388. The standard InChI is InChI=1S/C24H35NO5/c1-26-17-28-20-11-8-14-25-19(16-27-15-18-9-4-2-5-10-18)22-23(21(20)25)30-24(29-22)12-6-3-7-13-24/h2,4-5,9-10,19-23H,3,6-8,11-17H2,1H3/t19-,20+,21+,22+,23-/m0/s1. The molecule has 0 amide bonds. The van der Waals surface area contributed by atoms with Crippen molar-refractivity contribution in [3.63, 3.8) is 0 Å². The highest BCUT2D eigenvalue weighted by molar-refractivity contribution is 5.14. The van der Waals surface area contributed by atoms with E-state index in [2.05, 4.69) is 29.2 Å². The molecule has 1 saturated carbocycles. The molecule has 6 nitrogen and oxygen atoms in total. The van der Waals surface area contributed by atoms with Crippen molar-refractivity contribution in [2.24, 2.45) is 0 Å². The van der Waals surface area contributed by atoms with Crippen LogP contribution in [0.3, 0.4) is 0 Å². The van der Waals surface area contributed by atoms with Crippen LogP contribution in [0, 0.1) is 0 Å². The summed E-state index contributed by atoms with van der Waals surface area (Å²) in [6, 6.07) is 10.8. The zero-order chi connectivity index (χ0) is 20.4. The number of hydrogen-bond acceptors (Lipinski definition) is 6. The Hall–Kier alpha value is -1.02. The molecule has 1 aromatic rings. The van der Waals surface area contributed by atoms with Gasteiger partial charge in [0, 0.05) is 20.0 Å². The van der Waals surface area contributed by atoms with Crippen molar-refractivity contribution in [3.05, 3.63) is 35.9 Å². The first kappa shape index (κ1) is 20.9. The molecule has 6 heteroatoms. The van der Waals surface area contributed by atoms with E-state index in [0.29, 0.717) is 20.0 Å². The molecule has 5 rings (SSSR count). The van der Waals surface area contributed by atoms with Gasteiger partial charge in [-0.3, -0.25) is 4.90 Å². The average molecular weight is 418 g/mol. The first-order valence-electron chi connectivity index (χ1n) is 11.6. The van der Waals surface area contributed by atoms with Crippen molar-refractivity contribution in [3.8, 4) is 0 Å². The number of benzene rings is 1. The van der Waals surface area contributed by atoms with Crippen LogP contribution in [0.2, 0.25) is 0 Å². The number of nitrogens with zero attached hydrogens (tertiary/aromatic N) is 1. The SMILES string of the molecule is COCO[C@@H]1CCCN2[C@H]1[C@@H]1OC3(CCCCC3)O[C@@H]1[C@@H]2COCc1ccccc1. The Morgan fingerprint density at radius 1 is 1.03 bits per heavy atom. The van der Waals surface area contributed by atoms with E-state index in [1.807, 2.05) is 6.07 Å². The summed E-state index contributed by atoms with van der Waals surface area (Å²) < 4.78 is 31.0. The van der Waals surface area contributed by atoms with Gasteiger partial charge >= 0.3 is 0 Å². The van der Waals surface area contributed by atoms with E-state index >= 15 is 0 Å². The Kier molecular flexibility index (Phi) is 6.42. The van der Waals surface area contributed by atoms with Crippen LogP contribution in [0.4, 0.5) is 0 Å². The summed E-state index contributed by atoms with van der Waals surface area (Å²) >= 11 is 0. The van der Waals surface area contributed by atoms with Crippen molar-refractivity contribution in [1.29, 1.82) is 0 Å². The van der Waals surface area contributed by atoms with E-state index in [0.717, 1.165) is 32.2 Å². The van der Waals surface area contributed by atoms with Gasteiger partial charge in [-0.1, -0.05) is 36.8 Å². The lowest BCUT2D eigenvalue weighted by Crippen LogP contribution is -2.54. The lowest BCUT2D eigenvalue weighted by Gasteiger charge is -2.42. The molecule has 0 unspecified atom stereocenters. The predicted octanol–water partition coefficient (Wildman–Crippen LogP) is 3.48. The smallest absolute Gasteiger partial charge is 0.169 e. The first-order chi connectivity index (χ1) is 14.8. The van der Waals surface area contributed by atoms with Crippen LogP contribution >= 0.6 is 0 Å². The fourth-order valence-electron chi connectivity index (χ4n) is 5.93. The largest absolute Gasteiger partial charge is 0.375 e. The van der Waals surface area contributed by atoms with Gasteiger partial charge in [0.05, 0.1) is 31.4 Å². The molecular formula is C24H35NO5.